The first-order chi connectivity index (χ1) is 11.6. The Bertz CT molecular complexity index is 578. The number of amides is 2. The minimum Gasteiger partial charge on any atom is -0.465 e. The Balaban J connectivity index is 1.46. The van der Waals surface area contributed by atoms with Gasteiger partial charge in [-0.15, -0.1) is 11.3 Å². The molecule has 2 amide bonds. The summed E-state index contributed by atoms with van der Waals surface area (Å²) in [6.45, 7) is 4.03. The van der Waals surface area contributed by atoms with Crippen LogP contribution in [0.2, 0.25) is 0 Å². The van der Waals surface area contributed by atoms with Gasteiger partial charge in [0.15, 0.2) is 5.13 Å². The third-order valence-corrected chi connectivity index (χ3v) is 5.63. The fraction of sp³-hybridized carbons (Fsp3) is 0.688. The van der Waals surface area contributed by atoms with E-state index in [9.17, 15) is 9.59 Å². The van der Waals surface area contributed by atoms with Crippen LogP contribution in [0, 0.1) is 0 Å². The number of piperidine rings is 2. The molecule has 3 rings (SSSR count). The van der Waals surface area contributed by atoms with E-state index in [0.29, 0.717) is 16.9 Å². The lowest BCUT2D eigenvalue weighted by atomic mass is 9.99. The minimum absolute atomic E-state index is 0.0827. The Morgan fingerprint density at radius 2 is 1.92 bits per heavy atom. The highest BCUT2D eigenvalue weighted by Crippen LogP contribution is 2.22. The van der Waals surface area contributed by atoms with Crippen molar-refractivity contribution < 1.29 is 14.7 Å². The molecule has 0 bridgehead atoms. The van der Waals surface area contributed by atoms with Crippen LogP contribution in [0.1, 0.15) is 37.8 Å². The van der Waals surface area contributed by atoms with Gasteiger partial charge in [-0.2, -0.15) is 0 Å². The van der Waals surface area contributed by atoms with Gasteiger partial charge in [-0.3, -0.25) is 10.1 Å². The Morgan fingerprint density at radius 3 is 2.58 bits per heavy atom. The number of rotatable bonds is 4. The van der Waals surface area contributed by atoms with Crippen LogP contribution in [0.3, 0.4) is 0 Å². The third kappa shape index (κ3) is 4.45. The number of hydrogen-bond acceptors (Lipinski definition) is 5. The second kappa shape index (κ2) is 7.94. The molecule has 2 fully saturated rings. The van der Waals surface area contributed by atoms with Gasteiger partial charge >= 0.3 is 6.09 Å². The van der Waals surface area contributed by atoms with Crippen LogP contribution in [0.15, 0.2) is 5.38 Å². The lowest BCUT2D eigenvalue weighted by Crippen LogP contribution is -2.48. The van der Waals surface area contributed by atoms with Crippen molar-refractivity contribution in [1.29, 1.82) is 0 Å². The monoisotopic (exact) mass is 352 g/mol. The molecule has 0 aliphatic carbocycles. The number of hydrogen-bond donors (Lipinski definition) is 2. The summed E-state index contributed by atoms with van der Waals surface area (Å²) in [6, 6.07) is 0.625. The van der Waals surface area contributed by atoms with Crippen LogP contribution in [0.4, 0.5) is 9.93 Å². The van der Waals surface area contributed by atoms with Crippen LogP contribution in [0.5, 0.6) is 0 Å². The molecule has 2 aliphatic heterocycles. The molecule has 3 heterocycles. The molecule has 0 aromatic carbocycles. The number of likely N-dealkylation sites (tertiary alicyclic amines) is 2. The second-order valence-electron chi connectivity index (χ2n) is 6.46. The molecule has 2 saturated heterocycles. The van der Waals surface area contributed by atoms with Gasteiger partial charge < -0.3 is 14.9 Å². The van der Waals surface area contributed by atoms with E-state index in [1.165, 1.54) is 43.7 Å². The zero-order valence-electron chi connectivity index (χ0n) is 13.7. The maximum atomic E-state index is 12.4. The predicted molar refractivity (Wildman–Crippen MR) is 92.5 cm³/mol. The van der Waals surface area contributed by atoms with Gasteiger partial charge in [0.05, 0.1) is 12.1 Å². The summed E-state index contributed by atoms with van der Waals surface area (Å²) in [5, 5.41) is 12.9. The molecule has 0 saturated carbocycles. The van der Waals surface area contributed by atoms with E-state index < -0.39 is 6.09 Å². The summed E-state index contributed by atoms with van der Waals surface area (Å²) < 4.78 is 0. The average molecular weight is 352 g/mol. The van der Waals surface area contributed by atoms with Gasteiger partial charge in [-0.05, 0) is 38.8 Å². The van der Waals surface area contributed by atoms with Crippen LogP contribution in [-0.2, 0) is 11.2 Å². The summed E-state index contributed by atoms with van der Waals surface area (Å²) in [4.78, 5) is 31.7. The molecule has 0 spiro atoms. The van der Waals surface area contributed by atoms with Crippen molar-refractivity contribution in [3.8, 4) is 0 Å². The zero-order valence-corrected chi connectivity index (χ0v) is 14.6. The Labute approximate surface area is 145 Å². The number of aromatic nitrogens is 1. The Hall–Kier alpha value is -1.67. The smallest absolute Gasteiger partial charge is 0.410 e. The van der Waals surface area contributed by atoms with Crippen molar-refractivity contribution in [2.45, 2.75) is 44.6 Å². The van der Waals surface area contributed by atoms with Crippen LogP contribution in [-0.4, -0.2) is 64.1 Å². The number of carbonyl (C=O) groups excluding carboxylic acids is 1. The molecule has 0 unspecified atom stereocenters. The van der Waals surface area contributed by atoms with Crippen LogP contribution in [0.25, 0.3) is 0 Å². The zero-order chi connectivity index (χ0) is 16.9. The second-order valence-corrected chi connectivity index (χ2v) is 7.32. The molecule has 2 N–H and O–H groups in total. The van der Waals surface area contributed by atoms with E-state index in [1.54, 1.807) is 5.38 Å². The van der Waals surface area contributed by atoms with Crippen molar-refractivity contribution in [3.63, 3.8) is 0 Å². The predicted octanol–water partition coefficient (Wildman–Crippen LogP) is 2.25. The van der Waals surface area contributed by atoms with Gasteiger partial charge in [0.25, 0.3) is 0 Å². The number of anilines is 1. The average Bonchev–Trinajstić information content (AvgIpc) is 3.02. The van der Waals surface area contributed by atoms with Crippen molar-refractivity contribution in [2.75, 3.05) is 31.5 Å². The molecule has 0 radical (unpaired) electrons. The number of carboxylic acid groups (broad SMARTS) is 1. The van der Waals surface area contributed by atoms with Gasteiger partial charge in [-0.25, -0.2) is 9.78 Å². The first-order valence-corrected chi connectivity index (χ1v) is 9.46. The molecule has 1 aromatic rings. The minimum atomic E-state index is -1.14. The molecule has 1 aromatic heterocycles. The van der Waals surface area contributed by atoms with E-state index in [2.05, 4.69) is 15.2 Å². The molecule has 7 nitrogen and oxygen atoms in total. The summed E-state index contributed by atoms with van der Waals surface area (Å²) in [5.41, 5.74) is 0.631. The fourth-order valence-electron chi connectivity index (χ4n) is 3.57. The first kappa shape index (κ1) is 17.2. The van der Waals surface area contributed by atoms with Crippen molar-refractivity contribution >= 4 is 28.5 Å². The van der Waals surface area contributed by atoms with Gasteiger partial charge in [0, 0.05) is 24.5 Å². The largest absolute Gasteiger partial charge is 0.465 e. The van der Waals surface area contributed by atoms with Gasteiger partial charge in [0.2, 0.25) is 5.91 Å². The first-order valence-electron chi connectivity index (χ1n) is 8.58. The fourth-order valence-corrected chi connectivity index (χ4v) is 4.27. The summed E-state index contributed by atoms with van der Waals surface area (Å²) >= 11 is 1.21. The normalized spacial score (nSPS) is 20.1. The lowest BCUT2D eigenvalue weighted by molar-refractivity contribution is -0.132. The van der Waals surface area contributed by atoms with Crippen LogP contribution >= 0.6 is 11.3 Å². The lowest BCUT2D eigenvalue weighted by Gasteiger charge is -2.40. The SMILES string of the molecule is O=C(O)Nc1nc(CC(=O)N2CCC(N3CCCCC3)CC2)cs1. The van der Waals surface area contributed by atoms with Crippen LogP contribution < -0.4 is 5.32 Å². The summed E-state index contributed by atoms with van der Waals surface area (Å²) in [6.07, 6.45) is 5.16. The molecule has 132 valence electrons. The van der Waals surface area contributed by atoms with E-state index in [4.69, 9.17) is 5.11 Å². The number of nitrogens with one attached hydrogen (secondary N) is 1. The maximum Gasteiger partial charge on any atom is 0.410 e. The molecule has 2 aliphatic rings. The van der Waals surface area contributed by atoms with Gasteiger partial charge in [-0.1, -0.05) is 6.42 Å². The Morgan fingerprint density at radius 1 is 1.21 bits per heavy atom. The van der Waals surface area contributed by atoms with E-state index in [0.717, 1.165) is 25.9 Å². The number of carbonyl (C=O) groups is 2. The highest BCUT2D eigenvalue weighted by Gasteiger charge is 2.27. The molecular weight excluding hydrogens is 328 g/mol. The molecular formula is C16H24N4O3S. The Kier molecular flexibility index (Phi) is 5.68. The third-order valence-electron chi connectivity index (χ3n) is 4.82. The van der Waals surface area contributed by atoms with Crippen molar-refractivity contribution in [2.24, 2.45) is 0 Å². The van der Waals surface area contributed by atoms with E-state index in [1.807, 2.05) is 4.90 Å². The summed E-state index contributed by atoms with van der Waals surface area (Å²) in [7, 11) is 0. The molecule has 0 atom stereocenters. The maximum absolute atomic E-state index is 12.4. The highest BCUT2D eigenvalue weighted by atomic mass is 32.1. The molecule has 24 heavy (non-hydrogen) atoms. The molecule has 8 heteroatoms. The highest BCUT2D eigenvalue weighted by molar-refractivity contribution is 7.13. The number of nitrogens with zero attached hydrogens (tertiary/aromatic N) is 3. The number of thiazole rings is 1. The van der Waals surface area contributed by atoms with E-state index >= 15 is 0 Å². The van der Waals surface area contributed by atoms with Crippen molar-refractivity contribution in [3.05, 3.63) is 11.1 Å². The van der Waals surface area contributed by atoms with E-state index in [-0.39, 0.29) is 12.3 Å². The summed E-state index contributed by atoms with van der Waals surface area (Å²) in [5.74, 6) is 0.0827. The standard InChI is InChI=1S/C16H24N4O3S/c21-14(10-12-11-24-15(17-12)18-16(22)23)20-8-4-13(5-9-20)19-6-2-1-3-7-19/h11,13H,1-10H2,(H,17,18)(H,22,23). The van der Waals surface area contributed by atoms with Gasteiger partial charge in [0.1, 0.15) is 0 Å². The quantitative estimate of drug-likeness (QED) is 0.868. The topological polar surface area (TPSA) is 85.8 Å². The van der Waals surface area contributed by atoms with Crippen molar-refractivity contribution in [1.82, 2.24) is 14.8 Å².